The molecule has 2 N–H and O–H groups in total. The summed E-state index contributed by atoms with van der Waals surface area (Å²) >= 11 is 0. The summed E-state index contributed by atoms with van der Waals surface area (Å²) in [4.78, 5) is 6.88. The number of aromatic amines is 1. The third-order valence-corrected chi connectivity index (χ3v) is 3.69. The SMILES string of the molecule is CCCCCCCc1nc(N2CCNC(C)C2)n[nH]1. The Hall–Kier alpha value is -1.10. The summed E-state index contributed by atoms with van der Waals surface area (Å²) in [6, 6.07) is 0.518. The summed E-state index contributed by atoms with van der Waals surface area (Å²) < 4.78 is 0. The van der Waals surface area contributed by atoms with Crippen molar-refractivity contribution in [3.63, 3.8) is 0 Å². The molecule has 2 rings (SSSR count). The minimum absolute atomic E-state index is 0.518. The predicted molar refractivity (Wildman–Crippen MR) is 78.5 cm³/mol. The lowest BCUT2D eigenvalue weighted by molar-refractivity contribution is 0.479. The highest BCUT2D eigenvalue weighted by Gasteiger charge is 2.18. The van der Waals surface area contributed by atoms with Gasteiger partial charge in [-0.05, 0) is 13.3 Å². The van der Waals surface area contributed by atoms with Crippen LogP contribution in [0.2, 0.25) is 0 Å². The van der Waals surface area contributed by atoms with Crippen LogP contribution in [0.5, 0.6) is 0 Å². The van der Waals surface area contributed by atoms with E-state index in [0.717, 1.165) is 37.8 Å². The topological polar surface area (TPSA) is 56.8 Å². The van der Waals surface area contributed by atoms with E-state index in [1.807, 2.05) is 0 Å². The molecule has 0 saturated carbocycles. The highest BCUT2D eigenvalue weighted by molar-refractivity contribution is 5.30. The van der Waals surface area contributed by atoms with Crippen molar-refractivity contribution in [2.24, 2.45) is 0 Å². The number of piperazine rings is 1. The molecule has 5 nitrogen and oxygen atoms in total. The normalized spacial score (nSPS) is 19.9. The molecule has 1 unspecified atom stereocenters. The van der Waals surface area contributed by atoms with Gasteiger partial charge in [0.1, 0.15) is 5.82 Å². The van der Waals surface area contributed by atoms with E-state index in [-0.39, 0.29) is 0 Å². The van der Waals surface area contributed by atoms with Gasteiger partial charge in [0.25, 0.3) is 0 Å². The minimum atomic E-state index is 0.518. The van der Waals surface area contributed by atoms with Gasteiger partial charge in [-0.2, -0.15) is 4.98 Å². The Morgan fingerprint density at radius 2 is 2.11 bits per heavy atom. The molecular formula is C14H27N5. The molecule has 0 aliphatic carbocycles. The van der Waals surface area contributed by atoms with Gasteiger partial charge in [0.2, 0.25) is 5.95 Å². The molecule has 1 aromatic rings. The zero-order valence-electron chi connectivity index (χ0n) is 12.3. The fourth-order valence-electron chi connectivity index (χ4n) is 2.55. The Morgan fingerprint density at radius 3 is 2.89 bits per heavy atom. The van der Waals surface area contributed by atoms with Crippen molar-refractivity contribution in [1.29, 1.82) is 0 Å². The second kappa shape index (κ2) is 7.48. The van der Waals surface area contributed by atoms with Gasteiger partial charge in [0.05, 0.1) is 0 Å². The van der Waals surface area contributed by atoms with Gasteiger partial charge in [0, 0.05) is 32.1 Å². The van der Waals surface area contributed by atoms with E-state index in [1.165, 1.54) is 32.1 Å². The zero-order chi connectivity index (χ0) is 13.5. The maximum absolute atomic E-state index is 4.62. The van der Waals surface area contributed by atoms with Crippen molar-refractivity contribution < 1.29 is 0 Å². The molecule has 0 spiro atoms. The number of nitrogens with zero attached hydrogens (tertiary/aromatic N) is 3. The third kappa shape index (κ3) is 4.49. The second-order valence-electron chi connectivity index (χ2n) is 5.55. The molecule has 5 heteroatoms. The molecule has 108 valence electrons. The van der Waals surface area contributed by atoms with Crippen molar-refractivity contribution in [2.45, 2.75) is 58.4 Å². The van der Waals surface area contributed by atoms with Gasteiger partial charge in [-0.3, -0.25) is 5.10 Å². The van der Waals surface area contributed by atoms with Gasteiger partial charge in [-0.15, -0.1) is 5.10 Å². The molecule has 0 bridgehead atoms. The Labute approximate surface area is 116 Å². The summed E-state index contributed by atoms with van der Waals surface area (Å²) in [7, 11) is 0. The lowest BCUT2D eigenvalue weighted by Crippen LogP contribution is -2.49. The van der Waals surface area contributed by atoms with Crippen LogP contribution in [0.1, 0.15) is 51.8 Å². The maximum Gasteiger partial charge on any atom is 0.244 e. The van der Waals surface area contributed by atoms with Crippen molar-refractivity contribution in [2.75, 3.05) is 24.5 Å². The standard InChI is InChI=1S/C14H27N5/c1-3-4-5-6-7-8-13-16-14(18-17-13)19-10-9-15-12(2)11-19/h12,15H,3-11H2,1-2H3,(H,16,17,18). The van der Waals surface area contributed by atoms with Gasteiger partial charge in [-0.1, -0.05) is 32.6 Å². The van der Waals surface area contributed by atoms with Crippen molar-refractivity contribution in [3.05, 3.63) is 5.82 Å². The summed E-state index contributed by atoms with van der Waals surface area (Å²) in [6.07, 6.45) is 7.53. The summed E-state index contributed by atoms with van der Waals surface area (Å²) in [6.45, 7) is 7.46. The first-order valence-corrected chi connectivity index (χ1v) is 7.69. The number of rotatable bonds is 7. The Kier molecular flexibility index (Phi) is 5.63. The molecule has 19 heavy (non-hydrogen) atoms. The van der Waals surface area contributed by atoms with E-state index in [0.29, 0.717) is 6.04 Å². The van der Waals surface area contributed by atoms with Gasteiger partial charge in [-0.25, -0.2) is 0 Å². The molecule has 0 radical (unpaired) electrons. The summed E-state index contributed by atoms with van der Waals surface area (Å²) in [5.41, 5.74) is 0. The highest BCUT2D eigenvalue weighted by atomic mass is 15.4. The fourth-order valence-corrected chi connectivity index (χ4v) is 2.55. The molecule has 1 saturated heterocycles. The monoisotopic (exact) mass is 265 g/mol. The number of H-pyrrole nitrogens is 1. The van der Waals surface area contributed by atoms with Crippen LogP contribution in [0.4, 0.5) is 5.95 Å². The number of unbranched alkanes of at least 4 members (excludes halogenated alkanes) is 4. The fraction of sp³-hybridized carbons (Fsp3) is 0.857. The molecule has 1 atom stereocenters. The first kappa shape index (κ1) is 14.3. The van der Waals surface area contributed by atoms with Gasteiger partial charge < -0.3 is 10.2 Å². The molecular weight excluding hydrogens is 238 g/mol. The van der Waals surface area contributed by atoms with E-state index in [4.69, 9.17) is 0 Å². The smallest absolute Gasteiger partial charge is 0.244 e. The maximum atomic E-state index is 4.62. The van der Waals surface area contributed by atoms with Crippen LogP contribution in [0.25, 0.3) is 0 Å². The lowest BCUT2D eigenvalue weighted by Gasteiger charge is -2.30. The van der Waals surface area contributed by atoms with Gasteiger partial charge in [0.15, 0.2) is 0 Å². The van der Waals surface area contributed by atoms with E-state index in [2.05, 4.69) is 39.2 Å². The minimum Gasteiger partial charge on any atom is -0.337 e. The van der Waals surface area contributed by atoms with Gasteiger partial charge >= 0.3 is 0 Å². The second-order valence-corrected chi connectivity index (χ2v) is 5.55. The van der Waals surface area contributed by atoms with E-state index < -0.39 is 0 Å². The number of nitrogens with one attached hydrogen (secondary N) is 2. The molecule has 2 heterocycles. The number of aryl methyl sites for hydroxylation is 1. The summed E-state index contributed by atoms with van der Waals surface area (Å²) in [5, 5.41) is 10.9. The number of hydrogen-bond acceptors (Lipinski definition) is 4. The Balaban J connectivity index is 1.75. The van der Waals surface area contributed by atoms with Crippen LogP contribution in [0.15, 0.2) is 0 Å². The number of hydrogen-bond donors (Lipinski definition) is 2. The van der Waals surface area contributed by atoms with Crippen LogP contribution in [0.3, 0.4) is 0 Å². The molecule has 1 aliphatic rings. The van der Waals surface area contributed by atoms with Crippen molar-refractivity contribution in [1.82, 2.24) is 20.5 Å². The predicted octanol–water partition coefficient (Wildman–Crippen LogP) is 2.12. The molecule has 1 fully saturated rings. The average Bonchev–Trinajstić information content (AvgIpc) is 2.87. The van der Waals surface area contributed by atoms with Crippen molar-refractivity contribution >= 4 is 5.95 Å². The first-order chi connectivity index (χ1) is 9.29. The molecule has 0 aromatic carbocycles. The van der Waals surface area contributed by atoms with E-state index in [9.17, 15) is 0 Å². The first-order valence-electron chi connectivity index (χ1n) is 7.69. The summed E-state index contributed by atoms with van der Waals surface area (Å²) in [5.74, 6) is 1.91. The third-order valence-electron chi connectivity index (χ3n) is 3.69. The van der Waals surface area contributed by atoms with Crippen LogP contribution in [-0.2, 0) is 6.42 Å². The van der Waals surface area contributed by atoms with Crippen LogP contribution in [-0.4, -0.2) is 40.9 Å². The molecule has 1 aromatic heterocycles. The van der Waals surface area contributed by atoms with Crippen molar-refractivity contribution in [3.8, 4) is 0 Å². The Morgan fingerprint density at radius 1 is 1.26 bits per heavy atom. The van der Waals surface area contributed by atoms with Crippen LogP contribution < -0.4 is 10.2 Å². The number of anilines is 1. The largest absolute Gasteiger partial charge is 0.337 e. The number of aromatic nitrogens is 3. The molecule has 0 amide bonds. The van der Waals surface area contributed by atoms with Crippen LogP contribution in [0, 0.1) is 0 Å². The zero-order valence-corrected chi connectivity index (χ0v) is 12.3. The van der Waals surface area contributed by atoms with Crippen LogP contribution >= 0.6 is 0 Å². The van der Waals surface area contributed by atoms with E-state index in [1.54, 1.807) is 0 Å². The molecule has 1 aliphatic heterocycles. The highest BCUT2D eigenvalue weighted by Crippen LogP contribution is 2.12. The quantitative estimate of drug-likeness (QED) is 0.741. The average molecular weight is 265 g/mol. The lowest BCUT2D eigenvalue weighted by atomic mass is 10.1. The Bertz CT molecular complexity index is 362. The van der Waals surface area contributed by atoms with E-state index >= 15 is 0 Å².